The summed E-state index contributed by atoms with van der Waals surface area (Å²) in [6, 6.07) is 0. The van der Waals surface area contributed by atoms with E-state index in [1.165, 1.54) is 0 Å². The Morgan fingerprint density at radius 1 is 1.05 bits per heavy atom. The molecule has 0 aromatic carbocycles. The summed E-state index contributed by atoms with van der Waals surface area (Å²) < 4.78 is 14.7. The summed E-state index contributed by atoms with van der Waals surface area (Å²) in [6.07, 6.45) is -0.598. The third-order valence-electron chi connectivity index (χ3n) is 1.07. The molecule has 20 heavy (non-hydrogen) atoms. The van der Waals surface area contributed by atoms with Crippen LogP contribution < -0.4 is 23.8 Å². The van der Waals surface area contributed by atoms with Gasteiger partial charge in [-0.3, -0.25) is 14.7 Å². The van der Waals surface area contributed by atoms with Gasteiger partial charge < -0.3 is 48.3 Å². The fourth-order valence-corrected chi connectivity index (χ4v) is 0.943. The topological polar surface area (TPSA) is 262 Å². The number of carboxylic acids is 1. The molecule has 0 fully saturated rings. The molecule has 0 aliphatic heterocycles. The highest BCUT2D eigenvalue weighted by Gasteiger charge is 2.11. The number of carboxylic acid groups (broad SMARTS) is 1. The maximum Gasteiger partial charge on any atom is 0.339 e. The molecule has 0 atom stereocenters. The number of aliphatic hydroxyl groups is 2. The van der Waals surface area contributed by atoms with E-state index >= 15 is 0 Å². The Labute approximate surface area is 117 Å². The predicted molar refractivity (Wildman–Crippen MR) is 72.6 cm³/mol. The minimum atomic E-state index is -4.10. The van der Waals surface area contributed by atoms with Crippen LogP contribution in [0.4, 0.5) is 0 Å². The summed E-state index contributed by atoms with van der Waals surface area (Å²) >= 11 is 0. The second-order valence-corrected chi connectivity index (χ2v) is 4.35. The van der Waals surface area contributed by atoms with Crippen molar-refractivity contribution in [2.45, 2.75) is 0 Å². The SMILES string of the molecule is N.N.N.O=C(O)CNCP(=O)(O)O.OCCOCCO. The Bertz CT molecular complexity index is 235. The minimum Gasteiger partial charge on any atom is -0.480 e. The van der Waals surface area contributed by atoms with Crippen LogP contribution in [0.15, 0.2) is 0 Å². The quantitative estimate of drug-likeness (QED) is 0.178. The maximum absolute atomic E-state index is 10.1. The second-order valence-electron chi connectivity index (χ2n) is 2.70. The molecule has 0 amide bonds. The number of carbonyl (C=O) groups is 1. The molecule has 0 saturated carbocycles. The summed E-state index contributed by atoms with van der Waals surface area (Å²) in [6.45, 7) is 0.256. The molecular formula is C7H27N4O8P. The van der Waals surface area contributed by atoms with Gasteiger partial charge in [-0.25, -0.2) is 0 Å². The molecule has 0 aliphatic rings. The van der Waals surface area contributed by atoms with E-state index in [1.807, 2.05) is 0 Å². The van der Waals surface area contributed by atoms with Crippen molar-refractivity contribution in [3.8, 4) is 0 Å². The van der Waals surface area contributed by atoms with E-state index in [0.717, 1.165) is 0 Å². The van der Waals surface area contributed by atoms with Gasteiger partial charge in [-0.15, -0.1) is 0 Å². The maximum atomic E-state index is 10.1. The van der Waals surface area contributed by atoms with E-state index in [0.29, 0.717) is 13.2 Å². The number of aliphatic carboxylic acids is 1. The van der Waals surface area contributed by atoms with Gasteiger partial charge in [0.2, 0.25) is 0 Å². The molecule has 0 aromatic heterocycles. The first-order valence-corrected chi connectivity index (χ1v) is 6.39. The first-order valence-electron chi connectivity index (χ1n) is 4.60. The van der Waals surface area contributed by atoms with Gasteiger partial charge in [0, 0.05) is 0 Å². The fourth-order valence-electron chi connectivity index (χ4n) is 0.540. The Kier molecular flexibility index (Phi) is 32.7. The van der Waals surface area contributed by atoms with Crippen molar-refractivity contribution in [3.63, 3.8) is 0 Å². The Hall–Kier alpha value is -0.660. The molecule has 12 nitrogen and oxygen atoms in total. The van der Waals surface area contributed by atoms with E-state index in [4.69, 9.17) is 25.1 Å². The molecule has 0 unspecified atom stereocenters. The Morgan fingerprint density at radius 2 is 1.45 bits per heavy atom. The summed E-state index contributed by atoms with van der Waals surface area (Å²) in [5, 5.41) is 26.2. The van der Waals surface area contributed by atoms with Crippen molar-refractivity contribution in [2.75, 3.05) is 39.3 Å². The monoisotopic (exact) mass is 326 g/mol. The van der Waals surface area contributed by atoms with E-state index in [1.54, 1.807) is 0 Å². The lowest BCUT2D eigenvalue weighted by Crippen LogP contribution is -2.23. The minimum absolute atomic E-state index is 0. The Morgan fingerprint density at radius 3 is 1.70 bits per heavy atom. The average Bonchev–Trinajstić information content (AvgIpc) is 2.17. The zero-order valence-corrected chi connectivity index (χ0v) is 12.2. The van der Waals surface area contributed by atoms with Gasteiger partial charge in [0.05, 0.1) is 39.3 Å². The molecule has 0 radical (unpaired) electrons. The van der Waals surface area contributed by atoms with Crippen molar-refractivity contribution in [2.24, 2.45) is 0 Å². The number of rotatable bonds is 8. The third-order valence-corrected chi connectivity index (χ3v) is 1.70. The van der Waals surface area contributed by atoms with Crippen LogP contribution in [-0.2, 0) is 14.1 Å². The van der Waals surface area contributed by atoms with Gasteiger partial charge in [0.1, 0.15) is 0 Å². The molecule has 128 valence electrons. The molecule has 0 heterocycles. The zero-order valence-electron chi connectivity index (χ0n) is 11.3. The van der Waals surface area contributed by atoms with Crippen LogP contribution in [0.2, 0.25) is 0 Å². The number of aliphatic hydroxyl groups excluding tert-OH is 2. The van der Waals surface area contributed by atoms with Crippen LogP contribution in [0.25, 0.3) is 0 Å². The summed E-state index contributed by atoms with van der Waals surface area (Å²) in [4.78, 5) is 26.1. The van der Waals surface area contributed by atoms with Crippen molar-refractivity contribution < 1.29 is 39.2 Å². The van der Waals surface area contributed by atoms with Gasteiger partial charge in [-0.1, -0.05) is 0 Å². The third kappa shape index (κ3) is 43.3. The highest BCUT2D eigenvalue weighted by atomic mass is 31.2. The molecule has 0 aliphatic carbocycles. The molecule has 15 N–H and O–H groups in total. The lowest BCUT2D eigenvalue weighted by molar-refractivity contribution is -0.135. The van der Waals surface area contributed by atoms with Crippen molar-refractivity contribution >= 4 is 13.6 Å². The standard InChI is InChI=1S/C4H10O3.C3H8NO5P.3H3N/c5-1-3-7-4-2-6;5-3(6)1-4-2-10(7,8)9;;;/h5-6H,1-4H2;4H,1-2H2,(H,5,6)(H2,7,8,9);3*1H3. The van der Waals surface area contributed by atoms with E-state index < -0.39 is 26.4 Å². The first-order chi connectivity index (χ1) is 7.83. The molecule has 0 rings (SSSR count). The smallest absolute Gasteiger partial charge is 0.339 e. The predicted octanol–water partition coefficient (Wildman–Crippen LogP) is -1.73. The van der Waals surface area contributed by atoms with Crippen LogP contribution >= 0.6 is 7.60 Å². The molecule has 0 spiro atoms. The van der Waals surface area contributed by atoms with Crippen LogP contribution in [-0.4, -0.2) is 70.3 Å². The largest absolute Gasteiger partial charge is 0.480 e. The number of hydrogen-bond donors (Lipinski definition) is 9. The second kappa shape index (κ2) is 20.7. The van der Waals surface area contributed by atoms with Crippen LogP contribution in [0.1, 0.15) is 0 Å². The van der Waals surface area contributed by atoms with E-state index in [-0.39, 0.29) is 31.7 Å². The van der Waals surface area contributed by atoms with E-state index in [2.05, 4.69) is 10.1 Å². The highest BCUT2D eigenvalue weighted by molar-refractivity contribution is 7.51. The molecule has 13 heteroatoms. The molecule has 0 bridgehead atoms. The van der Waals surface area contributed by atoms with Crippen molar-refractivity contribution in [3.05, 3.63) is 0 Å². The van der Waals surface area contributed by atoms with Gasteiger partial charge in [0.25, 0.3) is 0 Å². The number of nitrogens with one attached hydrogen (secondary N) is 1. The van der Waals surface area contributed by atoms with Crippen LogP contribution in [0.3, 0.4) is 0 Å². The highest BCUT2D eigenvalue weighted by Crippen LogP contribution is 2.31. The van der Waals surface area contributed by atoms with Gasteiger partial charge >= 0.3 is 13.6 Å². The summed E-state index contributed by atoms with van der Waals surface area (Å²) in [5.41, 5.74) is 0. The number of ether oxygens (including phenoxy) is 1. The normalized spacial score (nSPS) is 9.00. The number of hydrogen-bond acceptors (Lipinski definition) is 9. The summed E-state index contributed by atoms with van der Waals surface area (Å²) in [5.74, 6) is -1.14. The molecule has 0 aromatic rings. The lowest BCUT2D eigenvalue weighted by atomic mass is 10.7. The lowest BCUT2D eigenvalue weighted by Gasteiger charge is -2.02. The van der Waals surface area contributed by atoms with Gasteiger partial charge in [-0.2, -0.15) is 0 Å². The Balaban J connectivity index is -0.0000000681. The van der Waals surface area contributed by atoms with Gasteiger partial charge in [0.15, 0.2) is 0 Å². The van der Waals surface area contributed by atoms with Crippen LogP contribution in [0, 0.1) is 0 Å². The van der Waals surface area contributed by atoms with Gasteiger partial charge in [-0.05, 0) is 0 Å². The van der Waals surface area contributed by atoms with Crippen molar-refractivity contribution in [1.82, 2.24) is 23.8 Å². The zero-order chi connectivity index (χ0) is 13.7. The molecule has 0 saturated heterocycles. The fraction of sp³-hybridized carbons (Fsp3) is 0.857. The average molecular weight is 326 g/mol. The van der Waals surface area contributed by atoms with Crippen molar-refractivity contribution in [1.29, 1.82) is 0 Å². The molecular weight excluding hydrogens is 299 g/mol. The first kappa shape index (κ1) is 31.6. The summed E-state index contributed by atoms with van der Waals surface area (Å²) in [7, 11) is -4.10. The van der Waals surface area contributed by atoms with Crippen LogP contribution in [0.5, 0.6) is 0 Å². The van der Waals surface area contributed by atoms with E-state index in [9.17, 15) is 9.36 Å².